The molecule has 0 bridgehead atoms. The van der Waals surface area contributed by atoms with Crippen molar-refractivity contribution in [3.8, 4) is 0 Å². The maximum atomic E-state index is 4.02. The Morgan fingerprint density at radius 2 is 2.09 bits per heavy atom. The zero-order valence-electron chi connectivity index (χ0n) is 8.11. The summed E-state index contributed by atoms with van der Waals surface area (Å²) in [5, 5.41) is 3.30. The minimum Gasteiger partial charge on any atom is -0.317 e. The van der Waals surface area contributed by atoms with E-state index in [1.807, 2.05) is 0 Å². The van der Waals surface area contributed by atoms with Crippen LogP contribution in [-0.4, -0.2) is 13.1 Å². The van der Waals surface area contributed by atoms with Gasteiger partial charge < -0.3 is 5.32 Å². The molecule has 0 amide bonds. The summed E-state index contributed by atoms with van der Waals surface area (Å²) >= 11 is 0. The van der Waals surface area contributed by atoms with Gasteiger partial charge in [0.25, 0.3) is 0 Å². The first-order chi connectivity index (χ1) is 5.18. The maximum Gasteiger partial charge on any atom is -0.00460 e. The molecule has 0 aromatic rings. The number of nitrogens with one attached hydrogen (secondary N) is 1. The summed E-state index contributed by atoms with van der Waals surface area (Å²) in [4.78, 5) is 0. The molecule has 1 heteroatoms. The van der Waals surface area contributed by atoms with E-state index in [0.717, 1.165) is 13.1 Å². The molecule has 0 aliphatic heterocycles. The van der Waals surface area contributed by atoms with Crippen molar-refractivity contribution in [3.05, 3.63) is 12.2 Å². The maximum absolute atomic E-state index is 4.02. The highest BCUT2D eigenvalue weighted by Crippen LogP contribution is 2.12. The van der Waals surface area contributed by atoms with Gasteiger partial charge in [0.15, 0.2) is 0 Å². The Morgan fingerprint density at radius 3 is 2.55 bits per heavy atom. The zero-order chi connectivity index (χ0) is 8.69. The topological polar surface area (TPSA) is 12.0 Å². The molecule has 0 radical (unpaired) electrons. The van der Waals surface area contributed by atoms with E-state index < -0.39 is 0 Å². The van der Waals surface area contributed by atoms with Crippen molar-refractivity contribution in [2.24, 2.45) is 5.92 Å². The van der Waals surface area contributed by atoms with E-state index in [1.165, 1.54) is 18.4 Å². The fourth-order valence-electron chi connectivity index (χ4n) is 0.906. The van der Waals surface area contributed by atoms with E-state index in [0.29, 0.717) is 5.92 Å². The van der Waals surface area contributed by atoms with Crippen molar-refractivity contribution in [3.63, 3.8) is 0 Å². The van der Waals surface area contributed by atoms with E-state index in [-0.39, 0.29) is 0 Å². The van der Waals surface area contributed by atoms with Crippen LogP contribution in [-0.2, 0) is 0 Å². The first kappa shape index (κ1) is 10.7. The second-order valence-electron chi connectivity index (χ2n) is 3.27. The quantitative estimate of drug-likeness (QED) is 0.459. The van der Waals surface area contributed by atoms with Crippen LogP contribution >= 0.6 is 0 Å². The van der Waals surface area contributed by atoms with Gasteiger partial charge in [-0.05, 0) is 31.8 Å². The summed E-state index contributed by atoms with van der Waals surface area (Å²) in [6.45, 7) is 12.8. The molecule has 0 aliphatic rings. The molecular weight excluding hydrogens is 134 g/mol. The number of hydrogen-bond acceptors (Lipinski definition) is 1. The highest BCUT2D eigenvalue weighted by atomic mass is 14.8. The molecule has 0 saturated carbocycles. The van der Waals surface area contributed by atoms with E-state index >= 15 is 0 Å². The molecule has 0 heterocycles. The summed E-state index contributed by atoms with van der Waals surface area (Å²) in [7, 11) is 0. The molecule has 0 atom stereocenters. The molecular formula is C10H21N. The lowest BCUT2D eigenvalue weighted by molar-refractivity contribution is 0.634. The molecule has 11 heavy (non-hydrogen) atoms. The third-order valence-electron chi connectivity index (χ3n) is 1.92. The Hall–Kier alpha value is -0.300. The predicted molar refractivity (Wildman–Crippen MR) is 51.8 cm³/mol. The summed E-state index contributed by atoms with van der Waals surface area (Å²) in [5.74, 6) is 0.650. The predicted octanol–water partition coefficient (Wildman–Crippen LogP) is 2.59. The van der Waals surface area contributed by atoms with Crippen LogP contribution in [0, 0.1) is 5.92 Å². The first-order valence-corrected chi connectivity index (χ1v) is 4.56. The number of allylic oxidation sites excluding steroid dienone is 1. The van der Waals surface area contributed by atoms with Gasteiger partial charge in [-0.15, -0.1) is 0 Å². The fraction of sp³-hybridized carbons (Fsp3) is 0.800. The lowest BCUT2D eigenvalue weighted by atomic mass is 10.0. The lowest BCUT2D eigenvalue weighted by Crippen LogP contribution is -2.14. The van der Waals surface area contributed by atoms with Crippen LogP contribution in [0.1, 0.15) is 33.6 Å². The molecule has 0 rings (SSSR count). The van der Waals surface area contributed by atoms with Crippen molar-refractivity contribution in [2.45, 2.75) is 33.6 Å². The smallest absolute Gasteiger partial charge is 0.00460 e. The van der Waals surface area contributed by atoms with Crippen LogP contribution in [0.15, 0.2) is 12.2 Å². The number of hydrogen-bond donors (Lipinski definition) is 1. The molecule has 0 spiro atoms. The number of rotatable bonds is 6. The van der Waals surface area contributed by atoms with Gasteiger partial charge in [-0.25, -0.2) is 0 Å². The molecule has 66 valence electrons. The summed E-state index contributed by atoms with van der Waals surface area (Å²) in [5.41, 5.74) is 1.38. The van der Waals surface area contributed by atoms with E-state index in [9.17, 15) is 0 Å². The molecule has 0 saturated heterocycles. The Labute approximate surface area is 70.9 Å². The highest BCUT2D eigenvalue weighted by molar-refractivity contribution is 4.96. The van der Waals surface area contributed by atoms with Gasteiger partial charge >= 0.3 is 0 Å². The molecule has 0 fully saturated rings. The highest BCUT2D eigenvalue weighted by Gasteiger charge is 1.98. The third kappa shape index (κ3) is 6.11. The van der Waals surface area contributed by atoms with E-state index in [1.54, 1.807) is 0 Å². The fourth-order valence-corrected chi connectivity index (χ4v) is 0.906. The van der Waals surface area contributed by atoms with Crippen molar-refractivity contribution in [1.82, 2.24) is 5.32 Å². The summed E-state index contributed by atoms with van der Waals surface area (Å²) < 4.78 is 0. The largest absolute Gasteiger partial charge is 0.317 e. The van der Waals surface area contributed by atoms with Gasteiger partial charge in [-0.2, -0.15) is 0 Å². The average Bonchev–Trinajstić information content (AvgIpc) is 1.97. The Morgan fingerprint density at radius 1 is 1.45 bits per heavy atom. The molecule has 0 unspecified atom stereocenters. The minimum atomic E-state index is 0.650. The lowest BCUT2D eigenvalue weighted by Gasteiger charge is -2.08. The van der Waals surface area contributed by atoms with E-state index in [2.05, 4.69) is 32.7 Å². The molecule has 1 nitrogen and oxygen atoms in total. The van der Waals surface area contributed by atoms with Crippen molar-refractivity contribution >= 4 is 0 Å². The van der Waals surface area contributed by atoms with Crippen LogP contribution in [0.25, 0.3) is 0 Å². The van der Waals surface area contributed by atoms with Crippen LogP contribution in [0.3, 0.4) is 0 Å². The van der Waals surface area contributed by atoms with Crippen molar-refractivity contribution < 1.29 is 0 Å². The second kappa shape index (κ2) is 6.41. The van der Waals surface area contributed by atoms with Gasteiger partial charge in [-0.3, -0.25) is 0 Å². The summed E-state index contributed by atoms with van der Waals surface area (Å²) in [6, 6.07) is 0. The Kier molecular flexibility index (Phi) is 6.24. The average molecular weight is 155 g/mol. The van der Waals surface area contributed by atoms with E-state index in [4.69, 9.17) is 0 Å². The van der Waals surface area contributed by atoms with Crippen LogP contribution in [0.2, 0.25) is 0 Å². The van der Waals surface area contributed by atoms with Crippen LogP contribution in [0.5, 0.6) is 0 Å². The van der Waals surface area contributed by atoms with Crippen molar-refractivity contribution in [2.75, 3.05) is 13.1 Å². The Bertz CT molecular complexity index is 105. The van der Waals surface area contributed by atoms with Crippen LogP contribution < -0.4 is 5.32 Å². The van der Waals surface area contributed by atoms with Gasteiger partial charge in [0.05, 0.1) is 0 Å². The second-order valence-corrected chi connectivity index (χ2v) is 3.27. The normalized spacial score (nSPS) is 10.5. The molecule has 0 aliphatic carbocycles. The molecule has 0 aromatic carbocycles. The Balaban J connectivity index is 3.18. The standard InChI is InChI=1S/C10H21N/c1-5-11-8-6-7-10(4)9(2)3/h9,11H,4-8H2,1-3H3. The van der Waals surface area contributed by atoms with Gasteiger partial charge in [0.1, 0.15) is 0 Å². The monoisotopic (exact) mass is 155 g/mol. The van der Waals surface area contributed by atoms with Gasteiger partial charge in [0, 0.05) is 0 Å². The molecule has 1 N–H and O–H groups in total. The molecule has 0 aromatic heterocycles. The first-order valence-electron chi connectivity index (χ1n) is 4.56. The van der Waals surface area contributed by atoms with Gasteiger partial charge in [-0.1, -0.05) is 32.9 Å². The zero-order valence-corrected chi connectivity index (χ0v) is 8.11. The summed E-state index contributed by atoms with van der Waals surface area (Å²) in [6.07, 6.45) is 2.40. The van der Waals surface area contributed by atoms with Crippen LogP contribution in [0.4, 0.5) is 0 Å². The SMILES string of the molecule is C=C(CCCNCC)C(C)C. The third-order valence-corrected chi connectivity index (χ3v) is 1.92. The minimum absolute atomic E-state index is 0.650. The van der Waals surface area contributed by atoms with Gasteiger partial charge in [0.2, 0.25) is 0 Å². The van der Waals surface area contributed by atoms with Crippen molar-refractivity contribution in [1.29, 1.82) is 0 Å².